The molecule has 0 amide bonds. The molecule has 3 rings (SSSR count). The maximum Gasteiger partial charge on any atom is 0.0175 e. The smallest absolute Gasteiger partial charge is 0.0175 e. The van der Waals surface area contributed by atoms with Gasteiger partial charge in [0.2, 0.25) is 0 Å². The molecule has 2 nitrogen and oxygen atoms in total. The van der Waals surface area contributed by atoms with Crippen molar-refractivity contribution in [1.82, 2.24) is 10.2 Å². The standard InChI is InChI=1S/C17H25BrN2/c18-16-3-1-14(2-4-16)13-15-7-11-20(12-8-15)17-5-9-19-10-6-17/h1-4,15,17,19H,5-13H2. The van der Waals surface area contributed by atoms with E-state index in [9.17, 15) is 0 Å². The third kappa shape index (κ3) is 3.84. The summed E-state index contributed by atoms with van der Waals surface area (Å²) in [4.78, 5) is 2.75. The maximum atomic E-state index is 3.51. The minimum Gasteiger partial charge on any atom is -0.317 e. The van der Waals surface area contributed by atoms with Gasteiger partial charge in [0.05, 0.1) is 0 Å². The second-order valence-corrected chi connectivity index (χ2v) is 7.21. The van der Waals surface area contributed by atoms with E-state index in [2.05, 4.69) is 50.4 Å². The maximum absolute atomic E-state index is 3.51. The number of nitrogens with one attached hydrogen (secondary N) is 1. The number of hydrogen-bond donors (Lipinski definition) is 1. The average molecular weight is 337 g/mol. The first-order chi connectivity index (χ1) is 9.81. The summed E-state index contributed by atoms with van der Waals surface area (Å²) < 4.78 is 1.18. The van der Waals surface area contributed by atoms with Gasteiger partial charge in [0.15, 0.2) is 0 Å². The van der Waals surface area contributed by atoms with Gasteiger partial charge in [-0.3, -0.25) is 0 Å². The van der Waals surface area contributed by atoms with Crippen molar-refractivity contribution >= 4 is 15.9 Å². The largest absolute Gasteiger partial charge is 0.317 e. The summed E-state index contributed by atoms with van der Waals surface area (Å²) in [6, 6.07) is 9.72. The Balaban J connectivity index is 1.47. The number of rotatable bonds is 3. The lowest BCUT2D eigenvalue weighted by atomic mass is 9.89. The molecule has 2 heterocycles. The summed E-state index contributed by atoms with van der Waals surface area (Å²) in [7, 11) is 0. The van der Waals surface area contributed by atoms with E-state index < -0.39 is 0 Å². The Labute approximate surface area is 131 Å². The lowest BCUT2D eigenvalue weighted by Gasteiger charge is -2.39. The quantitative estimate of drug-likeness (QED) is 0.909. The van der Waals surface area contributed by atoms with Gasteiger partial charge >= 0.3 is 0 Å². The van der Waals surface area contributed by atoms with Crippen molar-refractivity contribution < 1.29 is 0 Å². The molecule has 1 aromatic rings. The van der Waals surface area contributed by atoms with Crippen LogP contribution in [0.25, 0.3) is 0 Å². The zero-order valence-electron chi connectivity index (χ0n) is 12.2. The Morgan fingerprint density at radius 2 is 1.65 bits per heavy atom. The molecule has 0 aliphatic carbocycles. The van der Waals surface area contributed by atoms with E-state index in [-0.39, 0.29) is 0 Å². The number of halogens is 1. The van der Waals surface area contributed by atoms with E-state index in [1.807, 2.05) is 0 Å². The highest BCUT2D eigenvalue weighted by molar-refractivity contribution is 9.10. The molecule has 0 saturated carbocycles. The third-order valence-electron chi connectivity index (χ3n) is 4.91. The number of likely N-dealkylation sites (tertiary alicyclic amines) is 1. The molecule has 0 aromatic heterocycles. The highest BCUT2D eigenvalue weighted by Gasteiger charge is 2.25. The van der Waals surface area contributed by atoms with Crippen LogP contribution >= 0.6 is 15.9 Å². The number of hydrogen-bond acceptors (Lipinski definition) is 2. The van der Waals surface area contributed by atoms with Crippen LogP contribution in [0.2, 0.25) is 0 Å². The van der Waals surface area contributed by atoms with Gasteiger partial charge in [0, 0.05) is 10.5 Å². The fourth-order valence-electron chi connectivity index (χ4n) is 3.65. The molecular formula is C17H25BrN2. The summed E-state index contributed by atoms with van der Waals surface area (Å²) >= 11 is 3.51. The third-order valence-corrected chi connectivity index (χ3v) is 5.44. The summed E-state index contributed by atoms with van der Waals surface area (Å²) in [5, 5.41) is 3.47. The Kier molecular flexibility index (Phi) is 5.14. The van der Waals surface area contributed by atoms with Crippen molar-refractivity contribution in [1.29, 1.82) is 0 Å². The first kappa shape index (κ1) is 14.6. The van der Waals surface area contributed by atoms with Gasteiger partial charge in [-0.05, 0) is 81.9 Å². The minimum atomic E-state index is 0.852. The van der Waals surface area contributed by atoms with E-state index in [4.69, 9.17) is 0 Å². The first-order valence-corrected chi connectivity index (χ1v) is 8.80. The average Bonchev–Trinajstić information content (AvgIpc) is 2.51. The second-order valence-electron chi connectivity index (χ2n) is 6.29. The lowest BCUT2D eigenvalue weighted by Crippen LogP contribution is -2.46. The van der Waals surface area contributed by atoms with E-state index in [1.54, 1.807) is 0 Å². The molecule has 1 aromatic carbocycles. The molecule has 0 spiro atoms. The Bertz CT molecular complexity index is 404. The predicted octanol–water partition coefficient (Wildman–Crippen LogP) is 3.46. The molecule has 0 atom stereocenters. The molecule has 2 fully saturated rings. The molecule has 0 unspecified atom stereocenters. The van der Waals surface area contributed by atoms with Gasteiger partial charge in [0.1, 0.15) is 0 Å². The normalized spacial score (nSPS) is 23.1. The van der Waals surface area contributed by atoms with Gasteiger partial charge in [-0.1, -0.05) is 28.1 Å². The van der Waals surface area contributed by atoms with Gasteiger partial charge in [-0.2, -0.15) is 0 Å². The second kappa shape index (κ2) is 7.06. The lowest BCUT2D eigenvalue weighted by molar-refractivity contribution is 0.111. The Hall–Kier alpha value is -0.380. The van der Waals surface area contributed by atoms with E-state index in [0.29, 0.717) is 0 Å². The molecule has 20 heavy (non-hydrogen) atoms. The van der Waals surface area contributed by atoms with Crippen LogP contribution in [0.3, 0.4) is 0 Å². The van der Waals surface area contributed by atoms with Crippen LogP contribution in [-0.2, 0) is 6.42 Å². The number of piperidine rings is 2. The van der Waals surface area contributed by atoms with Crippen molar-refractivity contribution in [3.05, 3.63) is 34.3 Å². The molecule has 0 bridgehead atoms. The van der Waals surface area contributed by atoms with Crippen LogP contribution in [0, 0.1) is 5.92 Å². The van der Waals surface area contributed by atoms with Crippen molar-refractivity contribution in [3.8, 4) is 0 Å². The molecule has 2 aliphatic rings. The highest BCUT2D eigenvalue weighted by atomic mass is 79.9. The minimum absolute atomic E-state index is 0.852. The summed E-state index contributed by atoms with van der Waals surface area (Å²) in [6.07, 6.45) is 6.70. The van der Waals surface area contributed by atoms with Crippen LogP contribution in [0.5, 0.6) is 0 Å². The van der Waals surface area contributed by atoms with Crippen molar-refractivity contribution in [2.45, 2.75) is 38.1 Å². The summed E-state index contributed by atoms with van der Waals surface area (Å²) in [6.45, 7) is 5.05. The van der Waals surface area contributed by atoms with Crippen LogP contribution in [0.1, 0.15) is 31.2 Å². The van der Waals surface area contributed by atoms with Gasteiger partial charge in [0.25, 0.3) is 0 Å². The van der Waals surface area contributed by atoms with Gasteiger partial charge < -0.3 is 10.2 Å². The van der Waals surface area contributed by atoms with Gasteiger partial charge in [-0.25, -0.2) is 0 Å². The molecule has 2 saturated heterocycles. The molecule has 3 heteroatoms. The van der Waals surface area contributed by atoms with Crippen LogP contribution < -0.4 is 5.32 Å². The predicted molar refractivity (Wildman–Crippen MR) is 88.0 cm³/mol. The Morgan fingerprint density at radius 1 is 1.00 bits per heavy atom. The van der Waals surface area contributed by atoms with Crippen LogP contribution in [0.15, 0.2) is 28.7 Å². The summed E-state index contributed by atoms with van der Waals surface area (Å²) in [5.41, 5.74) is 1.49. The first-order valence-electron chi connectivity index (χ1n) is 8.00. The highest BCUT2D eigenvalue weighted by Crippen LogP contribution is 2.25. The van der Waals surface area contributed by atoms with Crippen molar-refractivity contribution in [2.75, 3.05) is 26.2 Å². The van der Waals surface area contributed by atoms with Crippen molar-refractivity contribution in [2.24, 2.45) is 5.92 Å². The monoisotopic (exact) mass is 336 g/mol. The fraction of sp³-hybridized carbons (Fsp3) is 0.647. The van der Waals surface area contributed by atoms with Gasteiger partial charge in [-0.15, -0.1) is 0 Å². The van der Waals surface area contributed by atoms with E-state index >= 15 is 0 Å². The SMILES string of the molecule is Brc1ccc(CC2CCN(C3CCNCC3)CC2)cc1. The molecule has 0 radical (unpaired) electrons. The zero-order chi connectivity index (χ0) is 13.8. The summed E-state index contributed by atoms with van der Waals surface area (Å²) in [5.74, 6) is 0.883. The fourth-order valence-corrected chi connectivity index (χ4v) is 3.91. The topological polar surface area (TPSA) is 15.3 Å². The van der Waals surface area contributed by atoms with Crippen LogP contribution in [0.4, 0.5) is 0 Å². The molecular weight excluding hydrogens is 312 g/mol. The van der Waals surface area contributed by atoms with E-state index in [1.165, 1.54) is 68.3 Å². The zero-order valence-corrected chi connectivity index (χ0v) is 13.7. The number of benzene rings is 1. The Morgan fingerprint density at radius 3 is 2.30 bits per heavy atom. The van der Waals surface area contributed by atoms with E-state index in [0.717, 1.165) is 12.0 Å². The number of nitrogens with zero attached hydrogens (tertiary/aromatic N) is 1. The molecule has 1 N–H and O–H groups in total. The van der Waals surface area contributed by atoms with Crippen LogP contribution in [-0.4, -0.2) is 37.1 Å². The molecule has 110 valence electrons. The molecule has 2 aliphatic heterocycles. The van der Waals surface area contributed by atoms with Crippen molar-refractivity contribution in [3.63, 3.8) is 0 Å².